The van der Waals surface area contributed by atoms with Gasteiger partial charge in [-0.2, -0.15) is 0 Å². The number of anilines is 1. The van der Waals surface area contributed by atoms with Gasteiger partial charge in [-0.1, -0.05) is 6.92 Å². The molecule has 1 aliphatic rings. The summed E-state index contributed by atoms with van der Waals surface area (Å²) in [7, 11) is 1.67. The molecule has 0 bridgehead atoms. The van der Waals surface area contributed by atoms with Crippen LogP contribution in [0, 0.1) is 0 Å². The summed E-state index contributed by atoms with van der Waals surface area (Å²) in [6.45, 7) is 7.54. The maximum Gasteiger partial charge on any atom is 0.162 e. The minimum Gasteiger partial charge on any atom is -0.497 e. The van der Waals surface area contributed by atoms with Crippen LogP contribution in [0.25, 0.3) is 11.4 Å². The van der Waals surface area contributed by atoms with Gasteiger partial charge in [-0.05, 0) is 37.1 Å². The minimum absolute atomic E-state index is 0. The molecule has 2 heterocycles. The van der Waals surface area contributed by atoms with Gasteiger partial charge in [0.05, 0.1) is 7.11 Å². The number of methoxy groups -OCH3 is 1. The molecular weight excluding hydrogens is 356 g/mol. The molecule has 3 rings (SSSR count). The lowest BCUT2D eigenvalue weighted by atomic mass is 10.2. The molecule has 0 aliphatic carbocycles. The Hall–Kier alpha value is -1.50. The third-order valence-corrected chi connectivity index (χ3v) is 5.02. The number of halogens is 1. The van der Waals surface area contributed by atoms with Gasteiger partial charge < -0.3 is 14.5 Å². The van der Waals surface area contributed by atoms with Crippen LogP contribution in [-0.4, -0.2) is 61.0 Å². The number of ether oxygens (including phenoxy) is 1. The Morgan fingerprint density at radius 2 is 1.76 bits per heavy atom. The highest BCUT2D eigenvalue weighted by Crippen LogP contribution is 2.26. The lowest BCUT2D eigenvalue weighted by Gasteiger charge is -2.34. The number of thioether (sulfide) groups is 1. The van der Waals surface area contributed by atoms with Crippen molar-refractivity contribution in [2.45, 2.75) is 11.9 Å². The number of benzene rings is 1. The number of likely N-dealkylation sites (N-methyl/N-ethyl adjacent to an activating group) is 1. The van der Waals surface area contributed by atoms with Crippen LogP contribution >= 0.6 is 24.2 Å². The molecule has 7 heteroatoms. The smallest absolute Gasteiger partial charge is 0.162 e. The first kappa shape index (κ1) is 19.8. The van der Waals surface area contributed by atoms with Gasteiger partial charge in [0.1, 0.15) is 16.6 Å². The quantitative estimate of drug-likeness (QED) is 0.584. The largest absolute Gasteiger partial charge is 0.497 e. The Morgan fingerprint density at radius 3 is 2.32 bits per heavy atom. The molecule has 0 N–H and O–H groups in total. The maximum absolute atomic E-state index is 5.23. The molecule has 1 aliphatic heterocycles. The fraction of sp³-hybridized carbons (Fsp3) is 0.444. The summed E-state index contributed by atoms with van der Waals surface area (Å²) in [5.41, 5.74) is 1.01. The van der Waals surface area contributed by atoms with Gasteiger partial charge in [0, 0.05) is 37.8 Å². The molecule has 1 fully saturated rings. The van der Waals surface area contributed by atoms with E-state index in [1.54, 1.807) is 18.9 Å². The second-order valence-corrected chi connectivity index (χ2v) is 6.57. The minimum atomic E-state index is 0. The van der Waals surface area contributed by atoms with E-state index in [-0.39, 0.29) is 12.4 Å². The van der Waals surface area contributed by atoms with E-state index >= 15 is 0 Å². The molecule has 25 heavy (non-hydrogen) atoms. The number of hydrogen-bond donors (Lipinski definition) is 0. The number of piperazine rings is 1. The molecule has 2 aromatic rings. The molecule has 0 amide bonds. The summed E-state index contributed by atoms with van der Waals surface area (Å²) in [5.74, 6) is 2.64. The number of rotatable bonds is 5. The molecule has 0 radical (unpaired) electrons. The van der Waals surface area contributed by atoms with Gasteiger partial charge in [0.25, 0.3) is 0 Å². The Bertz CT molecular complexity index is 675. The van der Waals surface area contributed by atoms with E-state index in [4.69, 9.17) is 9.72 Å². The zero-order chi connectivity index (χ0) is 16.9. The fourth-order valence-electron chi connectivity index (χ4n) is 2.84. The molecule has 0 saturated carbocycles. The molecule has 1 saturated heterocycles. The van der Waals surface area contributed by atoms with E-state index in [2.05, 4.69) is 34.0 Å². The summed E-state index contributed by atoms with van der Waals surface area (Å²) in [6, 6.07) is 10.0. The SMILES string of the molecule is CCN1CCN(c2cc(SC)nc(-c3ccc(OC)cc3)n2)CC1.Cl. The normalized spacial score (nSPS) is 14.9. The maximum atomic E-state index is 5.23. The molecule has 0 atom stereocenters. The van der Waals surface area contributed by atoms with Crippen LogP contribution < -0.4 is 9.64 Å². The Kier molecular flexibility index (Phi) is 7.35. The average Bonchev–Trinajstić information content (AvgIpc) is 2.67. The average molecular weight is 381 g/mol. The first-order valence-corrected chi connectivity index (χ1v) is 9.50. The van der Waals surface area contributed by atoms with Crippen molar-refractivity contribution < 1.29 is 4.74 Å². The zero-order valence-corrected chi connectivity index (χ0v) is 16.6. The molecule has 0 unspecified atom stereocenters. The van der Waals surface area contributed by atoms with E-state index in [0.717, 1.165) is 60.7 Å². The van der Waals surface area contributed by atoms with Crippen LogP contribution in [0.4, 0.5) is 5.82 Å². The Labute approximate surface area is 160 Å². The van der Waals surface area contributed by atoms with Crippen molar-refractivity contribution in [2.75, 3.05) is 51.0 Å². The van der Waals surface area contributed by atoms with Gasteiger partial charge in [0.15, 0.2) is 5.82 Å². The number of aromatic nitrogens is 2. The van der Waals surface area contributed by atoms with Crippen molar-refractivity contribution in [3.8, 4) is 17.1 Å². The van der Waals surface area contributed by atoms with E-state index in [1.165, 1.54) is 0 Å². The van der Waals surface area contributed by atoms with Crippen molar-refractivity contribution in [2.24, 2.45) is 0 Å². The molecule has 5 nitrogen and oxygen atoms in total. The Balaban J connectivity index is 0.00000225. The van der Waals surface area contributed by atoms with Crippen molar-refractivity contribution in [1.29, 1.82) is 0 Å². The van der Waals surface area contributed by atoms with Crippen molar-refractivity contribution in [3.63, 3.8) is 0 Å². The first-order chi connectivity index (χ1) is 11.7. The molecule has 1 aromatic heterocycles. The standard InChI is InChI=1S/C18H24N4OS.ClH/c1-4-21-9-11-22(12-10-21)16-13-17(24-3)20-18(19-16)14-5-7-15(23-2)8-6-14;/h5-8,13H,4,9-12H2,1-3H3;1H. The summed E-state index contributed by atoms with van der Waals surface area (Å²) >= 11 is 1.66. The van der Waals surface area contributed by atoms with Crippen molar-refractivity contribution in [1.82, 2.24) is 14.9 Å². The van der Waals surface area contributed by atoms with Crippen LogP contribution in [0.5, 0.6) is 5.75 Å². The summed E-state index contributed by atoms with van der Waals surface area (Å²) < 4.78 is 5.23. The second kappa shape index (κ2) is 9.27. The molecule has 0 spiro atoms. The summed E-state index contributed by atoms with van der Waals surface area (Å²) in [5, 5.41) is 1.00. The highest BCUT2D eigenvalue weighted by atomic mass is 35.5. The number of hydrogen-bond acceptors (Lipinski definition) is 6. The molecule has 136 valence electrons. The fourth-order valence-corrected chi connectivity index (χ4v) is 3.24. The topological polar surface area (TPSA) is 41.5 Å². The van der Waals surface area contributed by atoms with Crippen LogP contribution in [0.2, 0.25) is 0 Å². The van der Waals surface area contributed by atoms with Crippen molar-refractivity contribution in [3.05, 3.63) is 30.3 Å². The van der Waals surface area contributed by atoms with E-state index in [9.17, 15) is 0 Å². The first-order valence-electron chi connectivity index (χ1n) is 8.28. The highest BCUT2D eigenvalue weighted by Gasteiger charge is 2.18. The molecule has 1 aromatic carbocycles. The van der Waals surface area contributed by atoms with Gasteiger partial charge in [-0.15, -0.1) is 24.2 Å². The third kappa shape index (κ3) is 4.77. The predicted molar refractivity (Wildman–Crippen MR) is 107 cm³/mol. The summed E-state index contributed by atoms with van der Waals surface area (Å²) in [4.78, 5) is 14.3. The lowest BCUT2D eigenvalue weighted by Crippen LogP contribution is -2.46. The predicted octanol–water partition coefficient (Wildman–Crippen LogP) is 3.44. The number of nitrogens with zero attached hydrogens (tertiary/aromatic N) is 4. The van der Waals surface area contributed by atoms with Crippen LogP contribution in [-0.2, 0) is 0 Å². The van der Waals surface area contributed by atoms with Crippen LogP contribution in [0.3, 0.4) is 0 Å². The van der Waals surface area contributed by atoms with Crippen LogP contribution in [0.1, 0.15) is 6.92 Å². The second-order valence-electron chi connectivity index (χ2n) is 5.74. The van der Waals surface area contributed by atoms with E-state index in [0.29, 0.717) is 0 Å². The zero-order valence-electron chi connectivity index (χ0n) is 14.9. The van der Waals surface area contributed by atoms with Gasteiger partial charge in [-0.25, -0.2) is 9.97 Å². The van der Waals surface area contributed by atoms with E-state index in [1.807, 2.05) is 24.3 Å². The van der Waals surface area contributed by atoms with Gasteiger partial charge in [0.2, 0.25) is 0 Å². The lowest BCUT2D eigenvalue weighted by molar-refractivity contribution is 0.270. The van der Waals surface area contributed by atoms with Crippen LogP contribution in [0.15, 0.2) is 35.4 Å². The Morgan fingerprint density at radius 1 is 1.08 bits per heavy atom. The summed E-state index contributed by atoms with van der Waals surface area (Å²) in [6.07, 6.45) is 2.05. The molecular formula is C18H25ClN4OS. The van der Waals surface area contributed by atoms with Gasteiger partial charge in [-0.3, -0.25) is 0 Å². The van der Waals surface area contributed by atoms with Crippen molar-refractivity contribution >= 4 is 30.0 Å². The third-order valence-electron chi connectivity index (χ3n) is 4.39. The monoisotopic (exact) mass is 380 g/mol. The van der Waals surface area contributed by atoms with Gasteiger partial charge >= 0.3 is 0 Å². The highest BCUT2D eigenvalue weighted by molar-refractivity contribution is 7.98. The van der Waals surface area contributed by atoms with E-state index < -0.39 is 0 Å².